The molecule has 0 bridgehead atoms. The molecule has 0 spiro atoms. The lowest BCUT2D eigenvalue weighted by molar-refractivity contribution is -0.132. The Labute approximate surface area is 115 Å². The van der Waals surface area contributed by atoms with Gasteiger partial charge >= 0.3 is 0 Å². The van der Waals surface area contributed by atoms with Crippen LogP contribution in [0.15, 0.2) is 36.4 Å². The summed E-state index contributed by atoms with van der Waals surface area (Å²) in [6, 6.07) is 7.85. The minimum Gasteiger partial charge on any atom is -0.484 e. The fourth-order valence-electron chi connectivity index (χ4n) is 1.76. The molecule has 0 saturated heterocycles. The number of likely N-dealkylation sites (N-methyl/N-ethyl adjacent to an activating group) is 1. The number of hydrogen-bond acceptors (Lipinski definition) is 2. The zero-order valence-electron chi connectivity index (χ0n) is 12.1. The summed E-state index contributed by atoms with van der Waals surface area (Å²) in [7, 11) is 0. The van der Waals surface area contributed by atoms with E-state index in [-0.39, 0.29) is 12.5 Å². The summed E-state index contributed by atoms with van der Waals surface area (Å²) in [4.78, 5) is 13.7. The van der Waals surface area contributed by atoms with Crippen molar-refractivity contribution in [3.63, 3.8) is 0 Å². The van der Waals surface area contributed by atoms with E-state index in [9.17, 15) is 4.79 Å². The molecule has 1 aromatic carbocycles. The highest BCUT2D eigenvalue weighted by Crippen LogP contribution is 2.12. The van der Waals surface area contributed by atoms with Crippen LogP contribution in [0.3, 0.4) is 0 Å². The lowest BCUT2D eigenvalue weighted by Crippen LogP contribution is -2.35. The van der Waals surface area contributed by atoms with E-state index < -0.39 is 0 Å². The van der Waals surface area contributed by atoms with Crippen LogP contribution in [0.1, 0.15) is 26.3 Å². The standard InChI is InChI=1S/C16H23NO2/c1-5-14-7-9-15(10-8-14)19-12-16(18)17(6-2)11-13(3)4/h7-10H,3,5-6,11-12H2,1-2,4H3. The van der Waals surface area contributed by atoms with Crippen LogP contribution < -0.4 is 4.74 Å². The molecule has 3 nitrogen and oxygen atoms in total. The maximum Gasteiger partial charge on any atom is 0.260 e. The molecule has 104 valence electrons. The number of aryl methyl sites for hydroxylation is 1. The first-order valence-electron chi connectivity index (χ1n) is 6.70. The molecule has 0 unspecified atom stereocenters. The molecule has 0 aromatic heterocycles. The molecule has 0 N–H and O–H groups in total. The largest absolute Gasteiger partial charge is 0.484 e. The van der Waals surface area contributed by atoms with Crippen LogP contribution >= 0.6 is 0 Å². The quantitative estimate of drug-likeness (QED) is 0.706. The van der Waals surface area contributed by atoms with Crippen LogP contribution in [0.25, 0.3) is 0 Å². The van der Waals surface area contributed by atoms with E-state index in [1.54, 1.807) is 4.90 Å². The van der Waals surface area contributed by atoms with E-state index in [4.69, 9.17) is 4.74 Å². The van der Waals surface area contributed by atoms with Gasteiger partial charge in [0, 0.05) is 13.1 Å². The molecule has 1 aromatic rings. The fourth-order valence-corrected chi connectivity index (χ4v) is 1.76. The van der Waals surface area contributed by atoms with Gasteiger partial charge < -0.3 is 9.64 Å². The molecular formula is C16H23NO2. The Morgan fingerprint density at radius 2 is 1.89 bits per heavy atom. The van der Waals surface area contributed by atoms with Gasteiger partial charge in [0.05, 0.1) is 0 Å². The number of nitrogens with zero attached hydrogens (tertiary/aromatic N) is 1. The van der Waals surface area contributed by atoms with Gasteiger partial charge in [0.15, 0.2) is 6.61 Å². The van der Waals surface area contributed by atoms with E-state index in [1.807, 2.05) is 38.1 Å². The summed E-state index contributed by atoms with van der Waals surface area (Å²) >= 11 is 0. The van der Waals surface area contributed by atoms with Gasteiger partial charge in [0.1, 0.15) is 5.75 Å². The average Bonchev–Trinajstić information content (AvgIpc) is 2.42. The highest BCUT2D eigenvalue weighted by Gasteiger charge is 2.12. The first-order valence-corrected chi connectivity index (χ1v) is 6.70. The van der Waals surface area contributed by atoms with Crippen molar-refractivity contribution in [3.8, 4) is 5.75 Å². The third-order valence-electron chi connectivity index (χ3n) is 2.89. The fraction of sp³-hybridized carbons (Fsp3) is 0.438. The maximum absolute atomic E-state index is 12.0. The minimum atomic E-state index is -0.00920. The molecule has 0 saturated carbocycles. The predicted octanol–water partition coefficient (Wildman–Crippen LogP) is 3.05. The monoisotopic (exact) mass is 261 g/mol. The molecule has 1 amide bonds. The van der Waals surface area contributed by atoms with Crippen molar-refractivity contribution in [1.29, 1.82) is 0 Å². The summed E-state index contributed by atoms with van der Waals surface area (Å²) in [6.45, 7) is 11.1. The summed E-state index contributed by atoms with van der Waals surface area (Å²) in [5.74, 6) is 0.724. The molecule has 0 atom stereocenters. The second-order valence-electron chi connectivity index (χ2n) is 4.65. The van der Waals surface area contributed by atoms with Gasteiger partial charge in [-0.2, -0.15) is 0 Å². The molecule has 0 aliphatic heterocycles. The van der Waals surface area contributed by atoms with Crippen LogP contribution in [-0.4, -0.2) is 30.5 Å². The number of ether oxygens (including phenoxy) is 1. The number of benzene rings is 1. The Kier molecular flexibility index (Phi) is 6.13. The molecule has 3 heteroatoms. The zero-order chi connectivity index (χ0) is 14.3. The second kappa shape index (κ2) is 7.62. The number of hydrogen-bond donors (Lipinski definition) is 0. The van der Waals surface area contributed by atoms with Crippen LogP contribution in [0.2, 0.25) is 0 Å². The lowest BCUT2D eigenvalue weighted by atomic mass is 10.2. The first-order chi connectivity index (χ1) is 9.06. The Hall–Kier alpha value is -1.77. The molecule has 1 rings (SSSR count). The smallest absolute Gasteiger partial charge is 0.260 e. The predicted molar refractivity (Wildman–Crippen MR) is 78.4 cm³/mol. The summed E-state index contributed by atoms with van der Waals surface area (Å²) in [6.07, 6.45) is 1.00. The first kappa shape index (κ1) is 15.3. The normalized spacial score (nSPS) is 10.1. The molecule has 0 fully saturated rings. The van der Waals surface area contributed by atoms with E-state index in [0.717, 1.165) is 17.7 Å². The van der Waals surface area contributed by atoms with Gasteiger partial charge in [-0.3, -0.25) is 4.79 Å². The van der Waals surface area contributed by atoms with Crippen LogP contribution in [-0.2, 0) is 11.2 Å². The highest BCUT2D eigenvalue weighted by atomic mass is 16.5. The Morgan fingerprint density at radius 1 is 1.26 bits per heavy atom. The van der Waals surface area contributed by atoms with Gasteiger partial charge in [-0.25, -0.2) is 0 Å². The minimum absolute atomic E-state index is 0.00920. The molecule has 0 radical (unpaired) electrons. The second-order valence-corrected chi connectivity index (χ2v) is 4.65. The zero-order valence-corrected chi connectivity index (χ0v) is 12.1. The topological polar surface area (TPSA) is 29.5 Å². The molecule has 19 heavy (non-hydrogen) atoms. The van der Waals surface area contributed by atoms with Crippen LogP contribution in [0, 0.1) is 0 Å². The van der Waals surface area contributed by atoms with Crippen molar-refractivity contribution in [3.05, 3.63) is 42.0 Å². The SMILES string of the molecule is C=C(C)CN(CC)C(=O)COc1ccc(CC)cc1. The molecular weight excluding hydrogens is 238 g/mol. The Balaban J connectivity index is 2.49. The number of rotatable bonds is 7. The third kappa shape index (κ3) is 5.16. The molecule has 0 aliphatic rings. The van der Waals surface area contributed by atoms with Crippen molar-refractivity contribution in [2.45, 2.75) is 27.2 Å². The van der Waals surface area contributed by atoms with Crippen molar-refractivity contribution < 1.29 is 9.53 Å². The summed E-state index contributed by atoms with van der Waals surface area (Å²) < 4.78 is 5.51. The van der Waals surface area contributed by atoms with Gasteiger partial charge in [0.2, 0.25) is 0 Å². The van der Waals surface area contributed by atoms with Gasteiger partial charge in [-0.15, -0.1) is 0 Å². The number of carbonyl (C=O) groups excluding carboxylic acids is 1. The molecule has 0 heterocycles. The maximum atomic E-state index is 12.0. The van der Waals surface area contributed by atoms with E-state index in [0.29, 0.717) is 13.1 Å². The average molecular weight is 261 g/mol. The van der Waals surface area contributed by atoms with Gasteiger partial charge in [-0.05, 0) is 38.0 Å². The van der Waals surface area contributed by atoms with E-state index >= 15 is 0 Å². The van der Waals surface area contributed by atoms with Crippen molar-refractivity contribution in [2.75, 3.05) is 19.7 Å². The lowest BCUT2D eigenvalue weighted by Gasteiger charge is -2.21. The van der Waals surface area contributed by atoms with Gasteiger partial charge in [0.25, 0.3) is 5.91 Å². The van der Waals surface area contributed by atoms with E-state index in [1.165, 1.54) is 5.56 Å². The summed E-state index contributed by atoms with van der Waals surface area (Å²) in [5.41, 5.74) is 2.23. The number of amides is 1. The number of carbonyl (C=O) groups is 1. The van der Waals surface area contributed by atoms with Crippen LogP contribution in [0.5, 0.6) is 5.75 Å². The van der Waals surface area contributed by atoms with Crippen molar-refractivity contribution in [2.24, 2.45) is 0 Å². The van der Waals surface area contributed by atoms with E-state index in [2.05, 4.69) is 13.5 Å². The molecule has 0 aliphatic carbocycles. The van der Waals surface area contributed by atoms with Crippen LogP contribution in [0.4, 0.5) is 0 Å². The van der Waals surface area contributed by atoms with Crippen molar-refractivity contribution >= 4 is 5.91 Å². The summed E-state index contributed by atoms with van der Waals surface area (Å²) in [5, 5.41) is 0. The van der Waals surface area contributed by atoms with Gasteiger partial charge in [-0.1, -0.05) is 31.2 Å². The highest BCUT2D eigenvalue weighted by molar-refractivity contribution is 5.78. The third-order valence-corrected chi connectivity index (χ3v) is 2.89. The Bertz CT molecular complexity index is 423. The van der Waals surface area contributed by atoms with Crippen molar-refractivity contribution in [1.82, 2.24) is 4.90 Å². The Morgan fingerprint density at radius 3 is 2.37 bits per heavy atom.